The molecule has 0 aromatic heterocycles. The van der Waals surface area contributed by atoms with Crippen molar-refractivity contribution < 1.29 is 23.7 Å². The van der Waals surface area contributed by atoms with Crippen LogP contribution in [0, 0.1) is 0 Å². The van der Waals surface area contributed by atoms with Gasteiger partial charge in [0.2, 0.25) is 0 Å². The Morgan fingerprint density at radius 2 is 1.24 bits per heavy atom. The summed E-state index contributed by atoms with van der Waals surface area (Å²) in [5.74, 6) is 0.907. The normalized spacial score (nSPS) is 14.5. The third-order valence-electron chi connectivity index (χ3n) is 6.10. The van der Waals surface area contributed by atoms with Crippen LogP contribution in [0.15, 0.2) is 24.3 Å². The Morgan fingerprint density at radius 1 is 0.676 bits per heavy atom. The molecular formula is C28H49NO5. The van der Waals surface area contributed by atoms with Crippen molar-refractivity contribution in [1.29, 1.82) is 0 Å². The second kappa shape index (κ2) is 21.1. The van der Waals surface area contributed by atoms with Crippen LogP contribution >= 0.6 is 0 Å². The predicted octanol–water partition coefficient (Wildman–Crippen LogP) is 5.18. The van der Waals surface area contributed by atoms with Crippen LogP contribution in [0.4, 0.5) is 0 Å². The molecule has 1 aliphatic rings. The number of nitrogens with one attached hydrogen (secondary N) is 1. The average Bonchev–Trinajstić information content (AvgIpc) is 2.87. The largest absolute Gasteiger partial charge is 0.491 e. The summed E-state index contributed by atoms with van der Waals surface area (Å²) in [6, 6.07) is 8.50. The van der Waals surface area contributed by atoms with Crippen LogP contribution in [0.3, 0.4) is 0 Å². The minimum absolute atomic E-state index is 0.390. The van der Waals surface area contributed by atoms with Crippen molar-refractivity contribution in [2.24, 2.45) is 0 Å². The molecule has 34 heavy (non-hydrogen) atoms. The fraction of sp³-hybridized carbons (Fsp3) is 0.786. The first-order valence-electron chi connectivity index (χ1n) is 13.7. The van der Waals surface area contributed by atoms with Crippen LogP contribution < -0.4 is 10.1 Å². The second-order valence-electron chi connectivity index (χ2n) is 9.02. The van der Waals surface area contributed by atoms with E-state index in [1.807, 2.05) is 0 Å². The van der Waals surface area contributed by atoms with E-state index in [0.29, 0.717) is 59.0 Å². The van der Waals surface area contributed by atoms with Gasteiger partial charge in [-0.1, -0.05) is 57.6 Å². The number of rotatable bonds is 22. The molecule has 0 atom stereocenters. The first-order valence-corrected chi connectivity index (χ1v) is 13.7. The summed E-state index contributed by atoms with van der Waals surface area (Å²) in [5.41, 5.74) is 1.40. The van der Waals surface area contributed by atoms with E-state index < -0.39 is 0 Å². The van der Waals surface area contributed by atoms with Crippen molar-refractivity contribution in [2.45, 2.75) is 77.2 Å². The number of piperidine rings is 1. The Labute approximate surface area is 208 Å². The minimum atomic E-state index is 0.390. The first kappa shape index (κ1) is 29.1. The fourth-order valence-corrected chi connectivity index (χ4v) is 4.03. The van der Waals surface area contributed by atoms with Crippen LogP contribution in [-0.2, 0) is 25.4 Å². The quantitative estimate of drug-likeness (QED) is 0.231. The van der Waals surface area contributed by atoms with E-state index >= 15 is 0 Å². The van der Waals surface area contributed by atoms with Crippen molar-refractivity contribution >= 4 is 0 Å². The van der Waals surface area contributed by atoms with Crippen molar-refractivity contribution in [3.05, 3.63) is 29.8 Å². The molecule has 0 bridgehead atoms. The molecule has 2 rings (SSSR count). The highest BCUT2D eigenvalue weighted by molar-refractivity contribution is 5.27. The lowest BCUT2D eigenvalue weighted by Crippen LogP contribution is -2.33. The molecule has 1 aromatic carbocycles. The lowest BCUT2D eigenvalue weighted by atomic mass is 10.0. The maximum Gasteiger partial charge on any atom is 0.119 e. The van der Waals surface area contributed by atoms with Crippen molar-refractivity contribution in [3.63, 3.8) is 0 Å². The van der Waals surface area contributed by atoms with Gasteiger partial charge in [-0.15, -0.1) is 0 Å². The van der Waals surface area contributed by atoms with Gasteiger partial charge in [0.05, 0.1) is 52.4 Å². The number of hydrogen-bond donors (Lipinski definition) is 1. The highest BCUT2D eigenvalue weighted by Crippen LogP contribution is 2.15. The van der Waals surface area contributed by atoms with E-state index in [9.17, 15) is 0 Å². The molecule has 1 fully saturated rings. The lowest BCUT2D eigenvalue weighted by Gasteiger charge is -2.22. The SMILES string of the molecule is CCCCCCCCCc1ccc(OCCOCCOCCOCCOC2CCNCC2)cc1. The van der Waals surface area contributed by atoms with Crippen LogP contribution in [0.5, 0.6) is 5.75 Å². The molecule has 0 amide bonds. The van der Waals surface area contributed by atoms with E-state index in [-0.39, 0.29) is 0 Å². The van der Waals surface area contributed by atoms with Crippen LogP contribution in [-0.4, -0.2) is 72.0 Å². The molecule has 1 heterocycles. The first-order chi connectivity index (χ1) is 16.9. The zero-order valence-electron chi connectivity index (χ0n) is 21.6. The van der Waals surface area contributed by atoms with Gasteiger partial charge in [0.25, 0.3) is 0 Å². The molecule has 0 saturated carbocycles. The van der Waals surface area contributed by atoms with Crippen LogP contribution in [0.25, 0.3) is 0 Å². The van der Waals surface area contributed by atoms with Gasteiger partial charge < -0.3 is 29.0 Å². The molecule has 1 aliphatic heterocycles. The maximum atomic E-state index is 5.80. The van der Waals surface area contributed by atoms with Gasteiger partial charge in [0, 0.05) is 0 Å². The lowest BCUT2D eigenvalue weighted by molar-refractivity contribution is -0.0260. The van der Waals surface area contributed by atoms with Crippen molar-refractivity contribution in [2.75, 3.05) is 65.9 Å². The van der Waals surface area contributed by atoms with Gasteiger partial charge in [-0.2, -0.15) is 0 Å². The van der Waals surface area contributed by atoms with Gasteiger partial charge in [-0.05, 0) is 56.5 Å². The Bertz CT molecular complexity index is 562. The third kappa shape index (κ3) is 15.7. The molecule has 196 valence electrons. The molecule has 0 spiro atoms. The number of ether oxygens (including phenoxy) is 5. The Morgan fingerprint density at radius 3 is 1.88 bits per heavy atom. The number of aryl methyl sites for hydroxylation is 1. The van der Waals surface area contributed by atoms with E-state index in [2.05, 4.69) is 36.5 Å². The third-order valence-corrected chi connectivity index (χ3v) is 6.10. The summed E-state index contributed by atoms with van der Waals surface area (Å²) < 4.78 is 28.2. The topological polar surface area (TPSA) is 58.2 Å². The van der Waals surface area contributed by atoms with Gasteiger partial charge >= 0.3 is 0 Å². The smallest absolute Gasteiger partial charge is 0.119 e. The molecule has 1 saturated heterocycles. The zero-order valence-corrected chi connectivity index (χ0v) is 21.6. The zero-order chi connectivity index (χ0) is 23.9. The number of hydrogen-bond acceptors (Lipinski definition) is 6. The molecular weight excluding hydrogens is 430 g/mol. The summed E-state index contributed by atoms with van der Waals surface area (Å²) in [4.78, 5) is 0. The molecule has 0 unspecified atom stereocenters. The van der Waals surface area contributed by atoms with E-state index in [4.69, 9.17) is 23.7 Å². The average molecular weight is 480 g/mol. The van der Waals surface area contributed by atoms with E-state index in [0.717, 1.165) is 38.1 Å². The molecule has 6 nitrogen and oxygen atoms in total. The van der Waals surface area contributed by atoms with Crippen molar-refractivity contribution in [1.82, 2.24) is 5.32 Å². The Balaban J connectivity index is 1.31. The summed E-state index contributed by atoms with van der Waals surface area (Å²) in [6.45, 7) is 9.10. The summed E-state index contributed by atoms with van der Waals surface area (Å²) in [7, 11) is 0. The highest BCUT2D eigenvalue weighted by atomic mass is 16.6. The standard InChI is InChI=1S/C28H49NO5/c1-2-3-4-5-6-7-8-9-26-10-12-27(13-11-26)33-24-22-31-20-18-30-19-21-32-23-25-34-28-14-16-29-17-15-28/h10-13,28-29H,2-9,14-25H2,1H3. The van der Waals surface area contributed by atoms with E-state index in [1.54, 1.807) is 0 Å². The predicted molar refractivity (Wildman–Crippen MR) is 138 cm³/mol. The maximum absolute atomic E-state index is 5.80. The summed E-state index contributed by atoms with van der Waals surface area (Å²) in [5, 5.41) is 3.34. The molecule has 0 aliphatic carbocycles. The van der Waals surface area contributed by atoms with Crippen LogP contribution in [0.2, 0.25) is 0 Å². The van der Waals surface area contributed by atoms with Gasteiger partial charge in [-0.25, -0.2) is 0 Å². The molecule has 0 radical (unpaired) electrons. The fourth-order valence-electron chi connectivity index (χ4n) is 4.03. The monoisotopic (exact) mass is 479 g/mol. The van der Waals surface area contributed by atoms with Gasteiger partial charge in [-0.3, -0.25) is 0 Å². The van der Waals surface area contributed by atoms with Crippen molar-refractivity contribution in [3.8, 4) is 5.75 Å². The minimum Gasteiger partial charge on any atom is -0.491 e. The number of benzene rings is 1. The Hall–Kier alpha value is -1.18. The highest BCUT2D eigenvalue weighted by Gasteiger charge is 2.12. The molecule has 6 heteroatoms. The van der Waals surface area contributed by atoms with Gasteiger partial charge in [0.15, 0.2) is 0 Å². The number of unbranched alkanes of at least 4 members (excludes halogenated alkanes) is 6. The van der Waals surface area contributed by atoms with Gasteiger partial charge in [0.1, 0.15) is 12.4 Å². The summed E-state index contributed by atoms with van der Waals surface area (Å²) in [6.07, 6.45) is 13.2. The molecule has 1 N–H and O–H groups in total. The summed E-state index contributed by atoms with van der Waals surface area (Å²) >= 11 is 0. The van der Waals surface area contributed by atoms with Crippen LogP contribution in [0.1, 0.15) is 70.3 Å². The van der Waals surface area contributed by atoms with E-state index in [1.165, 1.54) is 50.5 Å². The molecule has 1 aromatic rings. The second-order valence-corrected chi connectivity index (χ2v) is 9.02. The Kier molecular flexibility index (Phi) is 18.1.